The molecule has 1 rings (SSSR count). The molecule has 0 radical (unpaired) electrons. The molecule has 0 aliphatic rings. The molecule has 0 saturated heterocycles. The van der Waals surface area contributed by atoms with Gasteiger partial charge in [-0.15, -0.1) is 0 Å². The predicted molar refractivity (Wildman–Crippen MR) is 68.4 cm³/mol. The lowest BCUT2D eigenvalue weighted by Gasteiger charge is -2.09. The van der Waals surface area contributed by atoms with Crippen LogP contribution in [0.2, 0.25) is 0 Å². The lowest BCUT2D eigenvalue weighted by atomic mass is 10.2. The van der Waals surface area contributed by atoms with Crippen LogP contribution in [0.3, 0.4) is 0 Å². The fraction of sp³-hybridized carbons (Fsp3) is 0.500. The number of methoxy groups -OCH3 is 1. The lowest BCUT2D eigenvalue weighted by Crippen LogP contribution is -1.95. The van der Waals surface area contributed by atoms with Crippen molar-refractivity contribution in [2.45, 2.75) is 19.6 Å². The Balaban J connectivity index is 2.60. The van der Waals surface area contributed by atoms with E-state index in [1.54, 1.807) is 7.11 Å². The topological polar surface area (TPSA) is 35.2 Å². The summed E-state index contributed by atoms with van der Waals surface area (Å²) in [6.45, 7) is 4.46. The van der Waals surface area contributed by atoms with Crippen LogP contribution in [0.5, 0.6) is 5.75 Å². The number of nitrogen functional groups attached to an aromatic ring is 1. The minimum absolute atomic E-state index is 0.731. The third kappa shape index (κ3) is 4.04. The maximum Gasteiger partial charge on any atom is 0.124 e. The molecule has 1 aromatic carbocycles. The molecule has 0 unspecified atom stereocenters. The Morgan fingerprint density at radius 2 is 2.13 bits per heavy atom. The first-order valence-corrected chi connectivity index (χ1v) is 6.29. The van der Waals surface area contributed by atoms with Crippen LogP contribution in [-0.2, 0) is 5.75 Å². The molecule has 0 aliphatic carbocycles. The van der Waals surface area contributed by atoms with Gasteiger partial charge >= 0.3 is 0 Å². The second-order valence-corrected chi connectivity index (χ2v) is 5.01. The zero-order valence-electron chi connectivity index (χ0n) is 9.62. The monoisotopic (exact) mass is 225 g/mol. The van der Waals surface area contributed by atoms with E-state index in [0.29, 0.717) is 0 Å². The molecule has 2 N–H and O–H groups in total. The van der Waals surface area contributed by atoms with Gasteiger partial charge in [-0.1, -0.05) is 19.9 Å². The van der Waals surface area contributed by atoms with E-state index in [4.69, 9.17) is 10.5 Å². The first kappa shape index (κ1) is 12.2. The maximum atomic E-state index is 5.69. The van der Waals surface area contributed by atoms with E-state index in [2.05, 4.69) is 13.8 Å². The number of hydrogen-bond acceptors (Lipinski definition) is 3. The average molecular weight is 225 g/mol. The quantitative estimate of drug-likeness (QED) is 0.782. The summed E-state index contributed by atoms with van der Waals surface area (Å²) in [6, 6.07) is 5.85. The van der Waals surface area contributed by atoms with Crippen molar-refractivity contribution in [1.82, 2.24) is 0 Å². The highest BCUT2D eigenvalue weighted by Crippen LogP contribution is 2.26. The van der Waals surface area contributed by atoms with Crippen LogP contribution in [0, 0.1) is 5.92 Å². The van der Waals surface area contributed by atoms with Crippen LogP contribution in [0.25, 0.3) is 0 Å². The Labute approximate surface area is 96.2 Å². The van der Waals surface area contributed by atoms with Crippen molar-refractivity contribution in [3.8, 4) is 5.75 Å². The summed E-state index contributed by atoms with van der Waals surface area (Å²) in [7, 11) is 1.69. The van der Waals surface area contributed by atoms with Crippen LogP contribution >= 0.6 is 11.8 Å². The zero-order chi connectivity index (χ0) is 11.3. The molecule has 2 nitrogen and oxygen atoms in total. The molecule has 15 heavy (non-hydrogen) atoms. The summed E-state index contributed by atoms with van der Waals surface area (Å²) in [6.07, 6.45) is 0. The van der Waals surface area contributed by atoms with Crippen molar-refractivity contribution in [1.29, 1.82) is 0 Å². The van der Waals surface area contributed by atoms with E-state index in [1.165, 1.54) is 11.3 Å². The normalized spacial score (nSPS) is 10.7. The maximum absolute atomic E-state index is 5.69. The third-order valence-electron chi connectivity index (χ3n) is 2.02. The molecule has 0 heterocycles. The average Bonchev–Trinajstić information content (AvgIpc) is 2.19. The van der Waals surface area contributed by atoms with Gasteiger partial charge in [-0.25, -0.2) is 0 Å². The summed E-state index contributed by atoms with van der Waals surface area (Å²) in [4.78, 5) is 0. The Bertz CT molecular complexity index is 312. The van der Waals surface area contributed by atoms with E-state index < -0.39 is 0 Å². The van der Waals surface area contributed by atoms with E-state index in [1.807, 2.05) is 30.0 Å². The van der Waals surface area contributed by atoms with Crippen LogP contribution in [0.1, 0.15) is 19.4 Å². The Morgan fingerprint density at radius 3 is 2.73 bits per heavy atom. The molecule has 0 spiro atoms. The molecular formula is C12H19NOS. The fourth-order valence-corrected chi connectivity index (χ4v) is 2.33. The number of ether oxygens (including phenoxy) is 1. The van der Waals surface area contributed by atoms with E-state index in [9.17, 15) is 0 Å². The molecule has 3 heteroatoms. The standard InChI is InChI=1S/C12H19NOS/c1-9(2)7-15-8-10-4-5-11(13)6-12(10)14-3/h4-6,9H,7-8,13H2,1-3H3. The summed E-state index contributed by atoms with van der Waals surface area (Å²) < 4.78 is 5.29. The van der Waals surface area contributed by atoms with Gasteiger partial charge in [-0.3, -0.25) is 0 Å². The fourth-order valence-electron chi connectivity index (χ4n) is 1.28. The van der Waals surface area contributed by atoms with Crippen LogP contribution in [-0.4, -0.2) is 12.9 Å². The number of thioether (sulfide) groups is 1. The van der Waals surface area contributed by atoms with Gasteiger partial charge in [0.1, 0.15) is 5.75 Å². The number of nitrogens with two attached hydrogens (primary N) is 1. The van der Waals surface area contributed by atoms with Gasteiger partial charge in [0.2, 0.25) is 0 Å². The van der Waals surface area contributed by atoms with Gasteiger partial charge in [0, 0.05) is 23.1 Å². The Hall–Kier alpha value is -0.830. The largest absolute Gasteiger partial charge is 0.496 e. The Morgan fingerprint density at radius 1 is 1.40 bits per heavy atom. The van der Waals surface area contributed by atoms with Gasteiger partial charge in [-0.05, 0) is 17.7 Å². The van der Waals surface area contributed by atoms with Gasteiger partial charge < -0.3 is 10.5 Å². The molecule has 0 saturated carbocycles. The van der Waals surface area contributed by atoms with Crippen molar-refractivity contribution >= 4 is 17.4 Å². The van der Waals surface area contributed by atoms with Crippen molar-refractivity contribution in [2.24, 2.45) is 5.92 Å². The SMILES string of the molecule is COc1cc(N)ccc1CSCC(C)C. The highest BCUT2D eigenvalue weighted by atomic mass is 32.2. The summed E-state index contributed by atoms with van der Waals surface area (Å²) >= 11 is 1.93. The highest BCUT2D eigenvalue weighted by molar-refractivity contribution is 7.98. The first-order valence-electron chi connectivity index (χ1n) is 5.13. The van der Waals surface area contributed by atoms with Crippen LogP contribution < -0.4 is 10.5 Å². The second kappa shape index (κ2) is 5.91. The summed E-state index contributed by atoms with van der Waals surface area (Å²) in [5.41, 5.74) is 7.67. The van der Waals surface area contributed by atoms with Gasteiger partial charge in [0.25, 0.3) is 0 Å². The third-order valence-corrected chi connectivity index (χ3v) is 3.44. The van der Waals surface area contributed by atoms with E-state index in [-0.39, 0.29) is 0 Å². The van der Waals surface area contributed by atoms with Crippen LogP contribution in [0.4, 0.5) is 5.69 Å². The first-order chi connectivity index (χ1) is 7.13. The van der Waals surface area contributed by atoms with Crippen molar-refractivity contribution < 1.29 is 4.74 Å². The summed E-state index contributed by atoms with van der Waals surface area (Å²) in [5.74, 6) is 3.79. The van der Waals surface area contributed by atoms with Crippen molar-refractivity contribution in [2.75, 3.05) is 18.6 Å². The molecule has 0 bridgehead atoms. The molecule has 0 fully saturated rings. The molecule has 1 aromatic rings. The van der Waals surface area contributed by atoms with Crippen LogP contribution in [0.15, 0.2) is 18.2 Å². The number of benzene rings is 1. The smallest absolute Gasteiger partial charge is 0.124 e. The molecule has 0 aromatic heterocycles. The highest BCUT2D eigenvalue weighted by Gasteiger charge is 2.04. The number of hydrogen-bond donors (Lipinski definition) is 1. The van der Waals surface area contributed by atoms with Gasteiger partial charge in [-0.2, -0.15) is 11.8 Å². The molecule has 84 valence electrons. The van der Waals surface area contributed by atoms with Gasteiger partial charge in [0.15, 0.2) is 0 Å². The zero-order valence-corrected chi connectivity index (χ0v) is 10.4. The lowest BCUT2D eigenvalue weighted by molar-refractivity contribution is 0.411. The minimum Gasteiger partial charge on any atom is -0.496 e. The Kier molecular flexibility index (Phi) is 4.82. The van der Waals surface area contributed by atoms with Crippen molar-refractivity contribution in [3.05, 3.63) is 23.8 Å². The van der Waals surface area contributed by atoms with Gasteiger partial charge in [0.05, 0.1) is 7.11 Å². The second-order valence-electron chi connectivity index (χ2n) is 3.98. The molecule has 0 atom stereocenters. The minimum atomic E-state index is 0.731. The number of rotatable bonds is 5. The number of anilines is 1. The molecule has 0 aliphatic heterocycles. The van der Waals surface area contributed by atoms with Crippen molar-refractivity contribution in [3.63, 3.8) is 0 Å². The van der Waals surface area contributed by atoms with E-state index >= 15 is 0 Å². The molecular weight excluding hydrogens is 206 g/mol. The van der Waals surface area contributed by atoms with E-state index in [0.717, 1.165) is 23.1 Å². The molecule has 0 amide bonds. The predicted octanol–water partition coefficient (Wildman–Crippen LogP) is 3.17. The summed E-state index contributed by atoms with van der Waals surface area (Å²) in [5, 5.41) is 0.